The summed E-state index contributed by atoms with van der Waals surface area (Å²) in [6.45, 7) is 5.13. The molecule has 1 amide bonds. The van der Waals surface area contributed by atoms with Crippen molar-refractivity contribution in [1.82, 2.24) is 4.90 Å². The molecule has 1 aliphatic heterocycles. The Balaban J connectivity index is 2.22. The Morgan fingerprint density at radius 3 is 2.72 bits per heavy atom. The van der Waals surface area contributed by atoms with Crippen molar-refractivity contribution in [2.75, 3.05) is 13.2 Å². The van der Waals surface area contributed by atoms with E-state index in [-0.39, 0.29) is 18.1 Å². The molecule has 5 heteroatoms. The minimum absolute atomic E-state index is 0.0313. The van der Waals surface area contributed by atoms with Crippen molar-refractivity contribution < 1.29 is 9.53 Å². The lowest BCUT2D eigenvalue weighted by Crippen LogP contribution is -2.51. The van der Waals surface area contributed by atoms with Gasteiger partial charge in [0.2, 0.25) is 0 Å². The quantitative estimate of drug-likeness (QED) is 0.794. The lowest BCUT2D eigenvalue weighted by atomic mass is 10.1. The maximum Gasteiger partial charge on any atom is 0.254 e. The zero-order chi connectivity index (χ0) is 13.3. The summed E-state index contributed by atoms with van der Waals surface area (Å²) in [5, 5.41) is 0.855. The SMILES string of the molecule is CC1OCCN(C(=O)c2ccc(Cl)c(Cl)c2)C1C. The summed E-state index contributed by atoms with van der Waals surface area (Å²) in [6, 6.07) is 5.01. The van der Waals surface area contributed by atoms with Gasteiger partial charge in [-0.25, -0.2) is 0 Å². The number of rotatable bonds is 1. The fourth-order valence-corrected chi connectivity index (χ4v) is 2.31. The molecule has 2 atom stereocenters. The Morgan fingerprint density at radius 2 is 2.06 bits per heavy atom. The van der Waals surface area contributed by atoms with E-state index < -0.39 is 0 Å². The van der Waals surface area contributed by atoms with E-state index in [1.54, 1.807) is 18.2 Å². The maximum absolute atomic E-state index is 12.4. The molecular weight excluding hydrogens is 273 g/mol. The summed E-state index contributed by atoms with van der Waals surface area (Å²) < 4.78 is 5.51. The second-order valence-corrected chi connectivity index (χ2v) is 5.26. The predicted octanol–water partition coefficient (Wildman–Crippen LogP) is 3.24. The van der Waals surface area contributed by atoms with Gasteiger partial charge in [0.05, 0.1) is 28.8 Å². The maximum atomic E-state index is 12.4. The molecule has 0 aliphatic carbocycles. The fraction of sp³-hybridized carbons (Fsp3) is 0.462. The number of benzene rings is 1. The van der Waals surface area contributed by atoms with Gasteiger partial charge >= 0.3 is 0 Å². The van der Waals surface area contributed by atoms with Gasteiger partial charge in [-0.15, -0.1) is 0 Å². The third-order valence-electron chi connectivity index (χ3n) is 3.31. The zero-order valence-corrected chi connectivity index (χ0v) is 11.8. The van der Waals surface area contributed by atoms with Crippen molar-refractivity contribution in [3.05, 3.63) is 33.8 Å². The Morgan fingerprint density at radius 1 is 1.33 bits per heavy atom. The third-order valence-corrected chi connectivity index (χ3v) is 4.05. The second-order valence-electron chi connectivity index (χ2n) is 4.44. The van der Waals surface area contributed by atoms with E-state index in [0.29, 0.717) is 28.8 Å². The van der Waals surface area contributed by atoms with Crippen LogP contribution in [-0.4, -0.2) is 36.1 Å². The van der Waals surface area contributed by atoms with Crippen molar-refractivity contribution in [3.63, 3.8) is 0 Å². The summed E-state index contributed by atoms with van der Waals surface area (Å²) in [4.78, 5) is 14.2. The van der Waals surface area contributed by atoms with Crippen LogP contribution in [-0.2, 0) is 4.74 Å². The number of carbonyl (C=O) groups excluding carboxylic acids is 1. The molecule has 98 valence electrons. The first-order valence-corrected chi connectivity index (χ1v) is 6.64. The molecule has 1 heterocycles. The Labute approximate surface area is 117 Å². The van der Waals surface area contributed by atoms with Crippen LogP contribution in [0.3, 0.4) is 0 Å². The average molecular weight is 288 g/mol. The number of morpholine rings is 1. The Kier molecular flexibility index (Phi) is 4.15. The summed E-state index contributed by atoms with van der Waals surface area (Å²) in [6.07, 6.45) is 0.0467. The van der Waals surface area contributed by atoms with E-state index in [2.05, 4.69) is 0 Å². The molecule has 0 spiro atoms. The topological polar surface area (TPSA) is 29.5 Å². The highest BCUT2D eigenvalue weighted by molar-refractivity contribution is 6.42. The molecule has 2 unspecified atom stereocenters. The van der Waals surface area contributed by atoms with Crippen molar-refractivity contribution in [2.45, 2.75) is 26.0 Å². The molecule has 0 saturated carbocycles. The number of ether oxygens (including phenoxy) is 1. The van der Waals surface area contributed by atoms with Gasteiger partial charge in [0.15, 0.2) is 0 Å². The van der Waals surface area contributed by atoms with Gasteiger partial charge in [-0.3, -0.25) is 4.79 Å². The molecular formula is C13H15Cl2NO2. The molecule has 18 heavy (non-hydrogen) atoms. The highest BCUT2D eigenvalue weighted by atomic mass is 35.5. The monoisotopic (exact) mass is 287 g/mol. The Bertz CT molecular complexity index is 464. The number of carbonyl (C=O) groups is 1. The van der Waals surface area contributed by atoms with E-state index in [0.717, 1.165) is 0 Å². The van der Waals surface area contributed by atoms with Crippen LogP contribution in [0.15, 0.2) is 18.2 Å². The molecule has 0 N–H and O–H groups in total. The van der Waals surface area contributed by atoms with Gasteiger partial charge in [-0.05, 0) is 32.0 Å². The molecule has 0 aromatic heterocycles. The smallest absolute Gasteiger partial charge is 0.254 e. The lowest BCUT2D eigenvalue weighted by molar-refractivity contribution is -0.0440. The first-order chi connectivity index (χ1) is 8.50. The average Bonchev–Trinajstić information content (AvgIpc) is 2.35. The minimum Gasteiger partial charge on any atom is -0.375 e. The van der Waals surface area contributed by atoms with Crippen LogP contribution in [0.4, 0.5) is 0 Å². The summed E-state index contributed by atoms with van der Waals surface area (Å²) >= 11 is 11.8. The first kappa shape index (κ1) is 13.7. The molecule has 1 fully saturated rings. The standard InChI is InChI=1S/C13H15Cl2NO2/c1-8-9(2)18-6-5-16(8)13(17)10-3-4-11(14)12(15)7-10/h3-4,7-9H,5-6H2,1-2H3. The van der Waals surface area contributed by atoms with E-state index in [9.17, 15) is 4.79 Å². The molecule has 1 aliphatic rings. The predicted molar refractivity (Wildman–Crippen MR) is 72.4 cm³/mol. The van der Waals surface area contributed by atoms with Gasteiger partial charge in [-0.2, -0.15) is 0 Å². The van der Waals surface area contributed by atoms with E-state index in [1.807, 2.05) is 18.7 Å². The lowest BCUT2D eigenvalue weighted by Gasteiger charge is -2.37. The molecule has 2 rings (SSSR count). The summed E-state index contributed by atoms with van der Waals surface area (Å²) in [5.74, 6) is -0.0313. The van der Waals surface area contributed by atoms with Gasteiger partial charge in [0, 0.05) is 12.1 Å². The van der Waals surface area contributed by atoms with E-state index in [1.165, 1.54) is 0 Å². The van der Waals surface area contributed by atoms with Gasteiger partial charge in [0.25, 0.3) is 5.91 Å². The Hall–Kier alpha value is -0.770. The van der Waals surface area contributed by atoms with Crippen molar-refractivity contribution in [1.29, 1.82) is 0 Å². The van der Waals surface area contributed by atoms with Gasteiger partial charge < -0.3 is 9.64 Å². The van der Waals surface area contributed by atoms with Crippen LogP contribution in [0.2, 0.25) is 10.0 Å². The largest absolute Gasteiger partial charge is 0.375 e. The van der Waals surface area contributed by atoms with Gasteiger partial charge in [-0.1, -0.05) is 23.2 Å². The highest BCUT2D eigenvalue weighted by Gasteiger charge is 2.29. The van der Waals surface area contributed by atoms with Crippen LogP contribution in [0.1, 0.15) is 24.2 Å². The normalized spacial score (nSPS) is 24.1. The van der Waals surface area contributed by atoms with E-state index in [4.69, 9.17) is 27.9 Å². The zero-order valence-electron chi connectivity index (χ0n) is 10.3. The van der Waals surface area contributed by atoms with Gasteiger partial charge in [0.1, 0.15) is 0 Å². The van der Waals surface area contributed by atoms with Crippen molar-refractivity contribution in [3.8, 4) is 0 Å². The molecule has 1 aromatic carbocycles. The molecule has 1 saturated heterocycles. The first-order valence-electron chi connectivity index (χ1n) is 5.88. The summed E-state index contributed by atoms with van der Waals surface area (Å²) in [7, 11) is 0. The number of amides is 1. The third kappa shape index (κ3) is 2.63. The van der Waals surface area contributed by atoms with Crippen LogP contribution >= 0.6 is 23.2 Å². The second kappa shape index (κ2) is 5.47. The molecule has 1 aromatic rings. The van der Waals surface area contributed by atoms with Crippen molar-refractivity contribution in [2.24, 2.45) is 0 Å². The van der Waals surface area contributed by atoms with Crippen LogP contribution < -0.4 is 0 Å². The van der Waals surface area contributed by atoms with Crippen LogP contribution in [0, 0.1) is 0 Å². The number of nitrogens with zero attached hydrogens (tertiary/aromatic N) is 1. The van der Waals surface area contributed by atoms with Crippen molar-refractivity contribution >= 4 is 29.1 Å². The highest BCUT2D eigenvalue weighted by Crippen LogP contribution is 2.24. The van der Waals surface area contributed by atoms with Crippen LogP contribution in [0.25, 0.3) is 0 Å². The minimum atomic E-state index is -0.0313. The molecule has 0 bridgehead atoms. The van der Waals surface area contributed by atoms with E-state index >= 15 is 0 Å². The number of halogens is 2. The summed E-state index contributed by atoms with van der Waals surface area (Å²) in [5.41, 5.74) is 0.561. The van der Waals surface area contributed by atoms with Crippen LogP contribution in [0.5, 0.6) is 0 Å². The molecule has 0 radical (unpaired) electrons. The number of hydrogen-bond donors (Lipinski definition) is 0. The number of hydrogen-bond acceptors (Lipinski definition) is 2. The fourth-order valence-electron chi connectivity index (χ4n) is 2.01. The molecule has 3 nitrogen and oxygen atoms in total.